The topological polar surface area (TPSA) is 22.3 Å². The summed E-state index contributed by atoms with van der Waals surface area (Å²) in [7, 11) is 0. The van der Waals surface area contributed by atoms with Crippen LogP contribution < -0.4 is 9.80 Å². The molecule has 0 aliphatic rings. The lowest BCUT2D eigenvalue weighted by Gasteiger charge is -2.27. The largest absolute Gasteiger partial charge is 0.355 e. The van der Waals surface area contributed by atoms with Gasteiger partial charge in [-0.25, -0.2) is 0 Å². The summed E-state index contributed by atoms with van der Waals surface area (Å²) in [5.41, 5.74) is 9.00. The van der Waals surface area contributed by atoms with Crippen molar-refractivity contribution in [1.82, 2.24) is 4.98 Å². The Labute approximate surface area is 273 Å². The van der Waals surface area contributed by atoms with Crippen LogP contribution in [0.5, 0.6) is 0 Å². The lowest BCUT2D eigenvalue weighted by atomic mass is 10.0. The third-order valence-electron chi connectivity index (χ3n) is 9.13. The summed E-state index contributed by atoms with van der Waals surface area (Å²) in [5, 5.41) is 7.25. The van der Waals surface area contributed by atoms with Crippen LogP contribution in [0.2, 0.25) is 0 Å². The molecular weight excluding hydrogens is 571 g/mol. The van der Waals surface area contributed by atoms with E-state index in [4.69, 9.17) is 0 Å². The van der Waals surface area contributed by atoms with Crippen LogP contribution in [-0.4, -0.2) is 4.98 Å². The Balaban J connectivity index is 1.25. The second-order valence-corrected chi connectivity index (χ2v) is 11.9. The first-order chi connectivity index (χ1) is 23.3. The molecule has 222 valence electrons. The Morgan fingerprint density at radius 3 is 1.17 bits per heavy atom. The summed E-state index contributed by atoms with van der Waals surface area (Å²) in [6.45, 7) is 0. The van der Waals surface area contributed by atoms with Crippen LogP contribution in [0.1, 0.15) is 0 Å². The average Bonchev–Trinajstić information content (AvgIpc) is 3.50. The molecule has 0 amide bonds. The number of para-hydroxylation sites is 2. The minimum Gasteiger partial charge on any atom is -0.355 e. The molecule has 0 saturated carbocycles. The van der Waals surface area contributed by atoms with Gasteiger partial charge in [-0.2, -0.15) is 0 Å². The van der Waals surface area contributed by atoms with Gasteiger partial charge < -0.3 is 14.8 Å². The maximum atomic E-state index is 3.69. The molecule has 1 N–H and O–H groups in total. The van der Waals surface area contributed by atoms with Crippen molar-refractivity contribution in [3.63, 3.8) is 0 Å². The summed E-state index contributed by atoms with van der Waals surface area (Å²) in [6, 6.07) is 65.2. The third kappa shape index (κ3) is 4.68. The van der Waals surface area contributed by atoms with Crippen LogP contribution in [0.4, 0.5) is 34.1 Å². The lowest BCUT2D eigenvalue weighted by molar-refractivity contribution is 1.30. The first-order valence-corrected chi connectivity index (χ1v) is 16.0. The minimum absolute atomic E-state index is 1.11. The zero-order valence-electron chi connectivity index (χ0n) is 25.7. The van der Waals surface area contributed by atoms with E-state index in [9.17, 15) is 0 Å². The summed E-state index contributed by atoms with van der Waals surface area (Å²) >= 11 is 0. The van der Waals surface area contributed by atoms with E-state index in [0.717, 1.165) is 45.2 Å². The standard InChI is InChI=1S/C44H31N3/c1-3-17-33(18-4-1)46(43-23-11-15-31-13-7-9-21-37(31)43)35-25-27-41-39(29-35)40-30-36(26-28-42(40)45-41)47(34-19-5-2-6-20-34)44-24-12-16-32-14-8-10-22-38(32)44/h1-30,45H. The predicted molar refractivity (Wildman–Crippen MR) is 200 cm³/mol. The highest BCUT2D eigenvalue weighted by molar-refractivity contribution is 6.11. The second kappa shape index (κ2) is 11.2. The van der Waals surface area contributed by atoms with Crippen molar-refractivity contribution in [3.05, 3.63) is 182 Å². The maximum absolute atomic E-state index is 3.69. The SMILES string of the molecule is c1ccc(N(c2ccc3[nH]c4ccc(N(c5ccccc5)c5cccc6ccccc56)cc4c3c2)c2cccc3ccccc23)cc1. The van der Waals surface area contributed by atoms with E-state index in [-0.39, 0.29) is 0 Å². The van der Waals surface area contributed by atoms with Gasteiger partial charge >= 0.3 is 0 Å². The van der Waals surface area contributed by atoms with E-state index in [1.807, 2.05) is 0 Å². The van der Waals surface area contributed by atoms with Gasteiger partial charge in [-0.05, 0) is 83.6 Å². The Kier molecular flexibility index (Phi) is 6.46. The number of benzene rings is 8. The van der Waals surface area contributed by atoms with Gasteiger partial charge in [0.25, 0.3) is 0 Å². The van der Waals surface area contributed by atoms with Crippen LogP contribution in [-0.2, 0) is 0 Å². The Hall–Kier alpha value is -6.32. The Morgan fingerprint density at radius 2 is 0.702 bits per heavy atom. The van der Waals surface area contributed by atoms with E-state index in [1.54, 1.807) is 0 Å². The number of aromatic nitrogens is 1. The zero-order valence-corrected chi connectivity index (χ0v) is 25.7. The molecule has 8 aromatic carbocycles. The van der Waals surface area contributed by atoms with Crippen LogP contribution in [0.15, 0.2) is 182 Å². The number of fused-ring (bicyclic) bond motifs is 5. The summed E-state index contributed by atoms with van der Waals surface area (Å²) in [6.07, 6.45) is 0. The van der Waals surface area contributed by atoms with Crippen molar-refractivity contribution in [2.45, 2.75) is 0 Å². The molecule has 0 saturated heterocycles. The van der Waals surface area contributed by atoms with E-state index < -0.39 is 0 Å². The highest BCUT2D eigenvalue weighted by atomic mass is 15.1. The number of nitrogens with zero attached hydrogens (tertiary/aromatic N) is 2. The molecule has 1 heterocycles. The fourth-order valence-electron chi connectivity index (χ4n) is 6.97. The summed E-state index contributed by atoms with van der Waals surface area (Å²) in [4.78, 5) is 8.44. The molecule has 0 atom stereocenters. The van der Waals surface area contributed by atoms with Crippen molar-refractivity contribution in [1.29, 1.82) is 0 Å². The van der Waals surface area contributed by atoms with Crippen LogP contribution >= 0.6 is 0 Å². The zero-order chi connectivity index (χ0) is 31.2. The van der Waals surface area contributed by atoms with Gasteiger partial charge in [0.15, 0.2) is 0 Å². The van der Waals surface area contributed by atoms with E-state index in [2.05, 4.69) is 197 Å². The quantitative estimate of drug-likeness (QED) is 0.205. The number of hydrogen-bond donors (Lipinski definition) is 1. The molecule has 0 aliphatic carbocycles. The molecular formula is C44H31N3. The minimum atomic E-state index is 1.11. The van der Waals surface area contributed by atoms with Crippen molar-refractivity contribution in [2.75, 3.05) is 9.80 Å². The summed E-state index contributed by atoms with van der Waals surface area (Å²) in [5.74, 6) is 0. The fraction of sp³-hybridized carbons (Fsp3) is 0. The lowest BCUT2D eigenvalue weighted by Crippen LogP contribution is -2.10. The van der Waals surface area contributed by atoms with Gasteiger partial charge in [0.2, 0.25) is 0 Å². The second-order valence-electron chi connectivity index (χ2n) is 11.9. The molecule has 0 radical (unpaired) electrons. The van der Waals surface area contributed by atoms with Crippen LogP contribution in [0.3, 0.4) is 0 Å². The van der Waals surface area contributed by atoms with Gasteiger partial charge in [-0.1, -0.05) is 109 Å². The maximum Gasteiger partial charge on any atom is 0.0540 e. The van der Waals surface area contributed by atoms with Gasteiger partial charge in [0.1, 0.15) is 0 Å². The molecule has 3 nitrogen and oxygen atoms in total. The molecule has 47 heavy (non-hydrogen) atoms. The van der Waals surface area contributed by atoms with E-state index >= 15 is 0 Å². The van der Waals surface area contributed by atoms with Crippen molar-refractivity contribution < 1.29 is 0 Å². The highest BCUT2D eigenvalue weighted by Crippen LogP contribution is 2.43. The molecule has 0 fully saturated rings. The third-order valence-corrected chi connectivity index (χ3v) is 9.13. The number of nitrogens with one attached hydrogen (secondary N) is 1. The fourth-order valence-corrected chi connectivity index (χ4v) is 6.97. The molecule has 0 spiro atoms. The number of H-pyrrole nitrogens is 1. The Morgan fingerprint density at radius 1 is 0.298 bits per heavy atom. The average molecular weight is 602 g/mol. The summed E-state index contributed by atoms with van der Waals surface area (Å²) < 4.78 is 0. The highest BCUT2D eigenvalue weighted by Gasteiger charge is 2.19. The van der Waals surface area contributed by atoms with Crippen LogP contribution in [0, 0.1) is 0 Å². The van der Waals surface area contributed by atoms with E-state index in [1.165, 1.54) is 32.3 Å². The molecule has 9 rings (SSSR count). The van der Waals surface area contributed by atoms with Gasteiger partial charge in [0.05, 0.1) is 11.4 Å². The van der Waals surface area contributed by atoms with Gasteiger partial charge in [0, 0.05) is 55.3 Å². The van der Waals surface area contributed by atoms with Gasteiger partial charge in [-0.3, -0.25) is 0 Å². The normalized spacial score (nSPS) is 11.4. The predicted octanol–water partition coefficient (Wildman–Crippen LogP) is 12.6. The van der Waals surface area contributed by atoms with Crippen molar-refractivity contribution >= 4 is 77.5 Å². The van der Waals surface area contributed by atoms with Gasteiger partial charge in [-0.15, -0.1) is 0 Å². The molecule has 3 heteroatoms. The molecule has 9 aromatic rings. The number of anilines is 6. The smallest absolute Gasteiger partial charge is 0.0540 e. The van der Waals surface area contributed by atoms with Crippen molar-refractivity contribution in [3.8, 4) is 0 Å². The molecule has 0 bridgehead atoms. The van der Waals surface area contributed by atoms with E-state index in [0.29, 0.717) is 0 Å². The Bertz CT molecular complexity index is 2350. The number of hydrogen-bond acceptors (Lipinski definition) is 2. The first-order valence-electron chi connectivity index (χ1n) is 16.0. The van der Waals surface area contributed by atoms with Crippen LogP contribution in [0.25, 0.3) is 43.4 Å². The first kappa shape index (κ1) is 27.0. The molecule has 1 aromatic heterocycles. The number of rotatable bonds is 6. The molecule has 0 aliphatic heterocycles. The van der Waals surface area contributed by atoms with Crippen molar-refractivity contribution in [2.24, 2.45) is 0 Å². The molecule has 0 unspecified atom stereocenters. The number of aromatic amines is 1. The monoisotopic (exact) mass is 601 g/mol.